The van der Waals surface area contributed by atoms with Gasteiger partial charge in [-0.15, -0.1) is 0 Å². The molecule has 5 heteroatoms. The Balaban J connectivity index is 1.29. The van der Waals surface area contributed by atoms with E-state index in [1.165, 1.54) is 17.2 Å². The number of aromatic nitrogens is 1. The van der Waals surface area contributed by atoms with E-state index in [2.05, 4.69) is 28.5 Å². The van der Waals surface area contributed by atoms with Crippen LogP contribution >= 0.6 is 0 Å². The van der Waals surface area contributed by atoms with Gasteiger partial charge in [0.2, 0.25) is 11.8 Å². The molecule has 1 fully saturated rings. The average molecular weight is 402 g/mol. The highest BCUT2D eigenvalue weighted by Gasteiger charge is 2.27. The number of fused-ring (bicyclic) bond motifs is 1. The molecule has 30 heavy (non-hydrogen) atoms. The van der Waals surface area contributed by atoms with Crippen LogP contribution in [0.5, 0.6) is 0 Å². The number of carbonyl (C=O) groups excluding carboxylic acids is 2. The Morgan fingerprint density at radius 1 is 1.07 bits per heavy atom. The second kappa shape index (κ2) is 8.99. The van der Waals surface area contributed by atoms with Gasteiger partial charge in [-0.2, -0.15) is 0 Å². The summed E-state index contributed by atoms with van der Waals surface area (Å²) in [6.07, 6.45) is 5.07. The molecule has 1 atom stereocenters. The van der Waals surface area contributed by atoms with Crippen LogP contribution in [0.25, 0.3) is 17.0 Å². The van der Waals surface area contributed by atoms with Crippen molar-refractivity contribution in [2.24, 2.45) is 0 Å². The normalized spacial score (nSPS) is 16.1. The van der Waals surface area contributed by atoms with Gasteiger partial charge in [0, 0.05) is 36.3 Å². The summed E-state index contributed by atoms with van der Waals surface area (Å²) in [4.78, 5) is 30.3. The van der Waals surface area contributed by atoms with E-state index in [0.29, 0.717) is 19.0 Å². The summed E-state index contributed by atoms with van der Waals surface area (Å²) in [5.74, 6) is 0.152. The van der Waals surface area contributed by atoms with Crippen LogP contribution in [0.4, 0.5) is 0 Å². The lowest BCUT2D eigenvalue weighted by molar-refractivity contribution is -0.136. The van der Waals surface area contributed by atoms with Crippen LogP contribution in [0.15, 0.2) is 66.7 Å². The summed E-state index contributed by atoms with van der Waals surface area (Å²) < 4.78 is 0. The summed E-state index contributed by atoms with van der Waals surface area (Å²) in [6.45, 7) is 3.16. The SMILES string of the molecule is CC(NC(=O)/C=C/c1ccccc1)C(=O)N1CCC(c2cc3ccccc3[nH]2)CC1. The molecule has 0 radical (unpaired) electrons. The van der Waals surface area contributed by atoms with Gasteiger partial charge in [-0.1, -0.05) is 48.5 Å². The summed E-state index contributed by atoms with van der Waals surface area (Å²) in [7, 11) is 0. The quantitative estimate of drug-likeness (QED) is 0.633. The molecular weight excluding hydrogens is 374 g/mol. The number of H-pyrrole nitrogens is 1. The molecule has 1 unspecified atom stereocenters. The van der Waals surface area contributed by atoms with Crippen LogP contribution in [-0.2, 0) is 9.59 Å². The molecule has 5 nitrogen and oxygen atoms in total. The van der Waals surface area contributed by atoms with E-state index in [4.69, 9.17) is 0 Å². The minimum Gasteiger partial charge on any atom is -0.358 e. The van der Waals surface area contributed by atoms with Crippen molar-refractivity contribution < 1.29 is 9.59 Å². The van der Waals surface area contributed by atoms with Crippen molar-refractivity contribution in [1.82, 2.24) is 15.2 Å². The topological polar surface area (TPSA) is 65.2 Å². The standard InChI is InChI=1S/C25H27N3O2/c1-18(26-24(29)12-11-19-7-3-2-4-8-19)25(30)28-15-13-20(14-16-28)23-17-21-9-5-6-10-22(21)27-23/h2-12,17-18,20,27H,13-16H2,1H3,(H,26,29)/b12-11+. The molecule has 0 aliphatic carbocycles. The van der Waals surface area contributed by atoms with E-state index in [1.54, 1.807) is 13.0 Å². The number of nitrogens with one attached hydrogen (secondary N) is 2. The summed E-state index contributed by atoms with van der Waals surface area (Å²) in [6, 6.07) is 19.6. The number of hydrogen-bond donors (Lipinski definition) is 2. The number of carbonyl (C=O) groups is 2. The predicted molar refractivity (Wildman–Crippen MR) is 120 cm³/mol. The third kappa shape index (κ3) is 4.62. The number of para-hydroxylation sites is 1. The van der Waals surface area contributed by atoms with Crippen molar-refractivity contribution in [3.63, 3.8) is 0 Å². The third-order valence-corrected chi connectivity index (χ3v) is 5.75. The highest BCUT2D eigenvalue weighted by atomic mass is 16.2. The maximum atomic E-state index is 12.8. The van der Waals surface area contributed by atoms with Gasteiger partial charge in [0.1, 0.15) is 6.04 Å². The minimum atomic E-state index is -0.539. The van der Waals surface area contributed by atoms with Crippen LogP contribution in [0, 0.1) is 0 Å². The van der Waals surface area contributed by atoms with Crippen LogP contribution < -0.4 is 5.32 Å². The fourth-order valence-corrected chi connectivity index (χ4v) is 4.06. The lowest BCUT2D eigenvalue weighted by Gasteiger charge is -2.33. The largest absolute Gasteiger partial charge is 0.358 e. The highest BCUT2D eigenvalue weighted by molar-refractivity contribution is 5.95. The van der Waals surface area contributed by atoms with Gasteiger partial charge in [-0.05, 0) is 48.9 Å². The lowest BCUT2D eigenvalue weighted by atomic mass is 9.93. The van der Waals surface area contributed by atoms with Gasteiger partial charge >= 0.3 is 0 Å². The second-order valence-electron chi connectivity index (χ2n) is 7.89. The second-order valence-corrected chi connectivity index (χ2v) is 7.89. The molecule has 0 bridgehead atoms. The molecule has 2 amide bonds. The maximum absolute atomic E-state index is 12.8. The number of nitrogens with zero attached hydrogens (tertiary/aromatic N) is 1. The van der Waals surface area contributed by atoms with E-state index in [0.717, 1.165) is 23.9 Å². The Bertz CT molecular complexity index is 1010. The molecule has 2 heterocycles. The third-order valence-electron chi connectivity index (χ3n) is 5.75. The van der Waals surface area contributed by atoms with E-state index < -0.39 is 6.04 Å². The van der Waals surface area contributed by atoms with Gasteiger partial charge in [-0.25, -0.2) is 0 Å². The Morgan fingerprint density at radius 3 is 2.50 bits per heavy atom. The van der Waals surface area contributed by atoms with Gasteiger partial charge in [0.25, 0.3) is 0 Å². The number of hydrogen-bond acceptors (Lipinski definition) is 2. The van der Waals surface area contributed by atoms with Gasteiger partial charge in [0.05, 0.1) is 0 Å². The number of rotatable bonds is 5. The van der Waals surface area contributed by atoms with Crippen molar-refractivity contribution in [3.05, 3.63) is 78.0 Å². The fourth-order valence-electron chi connectivity index (χ4n) is 4.06. The molecule has 154 valence electrons. The van der Waals surface area contributed by atoms with Crippen molar-refractivity contribution in [2.75, 3.05) is 13.1 Å². The smallest absolute Gasteiger partial charge is 0.244 e. The Labute approximate surface area is 176 Å². The zero-order valence-electron chi connectivity index (χ0n) is 17.2. The maximum Gasteiger partial charge on any atom is 0.244 e. The van der Waals surface area contributed by atoms with Gasteiger partial charge < -0.3 is 15.2 Å². The highest BCUT2D eigenvalue weighted by Crippen LogP contribution is 2.30. The predicted octanol–water partition coefficient (Wildman–Crippen LogP) is 4.09. The Morgan fingerprint density at radius 2 is 1.77 bits per heavy atom. The zero-order valence-corrected chi connectivity index (χ0v) is 17.2. The first-order valence-electron chi connectivity index (χ1n) is 10.5. The van der Waals surface area contributed by atoms with Crippen molar-refractivity contribution in [1.29, 1.82) is 0 Å². The number of piperidine rings is 1. The molecule has 1 saturated heterocycles. The minimum absolute atomic E-state index is 0.0217. The van der Waals surface area contributed by atoms with Crippen molar-refractivity contribution >= 4 is 28.8 Å². The molecule has 0 saturated carbocycles. The van der Waals surface area contributed by atoms with Crippen LogP contribution in [0.3, 0.4) is 0 Å². The summed E-state index contributed by atoms with van der Waals surface area (Å²) >= 11 is 0. The Hall–Kier alpha value is -3.34. The number of benzene rings is 2. The summed E-state index contributed by atoms with van der Waals surface area (Å²) in [5, 5.41) is 4.01. The number of amides is 2. The van der Waals surface area contributed by atoms with Crippen molar-refractivity contribution in [3.8, 4) is 0 Å². The molecule has 4 rings (SSSR count). The van der Waals surface area contributed by atoms with E-state index in [-0.39, 0.29) is 11.8 Å². The fraction of sp³-hybridized carbons (Fsp3) is 0.280. The first-order valence-corrected chi connectivity index (χ1v) is 10.5. The monoisotopic (exact) mass is 401 g/mol. The van der Waals surface area contributed by atoms with E-state index in [9.17, 15) is 9.59 Å². The van der Waals surface area contributed by atoms with Gasteiger partial charge in [0.15, 0.2) is 0 Å². The molecule has 1 aromatic heterocycles. The van der Waals surface area contributed by atoms with E-state index in [1.807, 2.05) is 47.4 Å². The first kappa shape index (κ1) is 20.0. The van der Waals surface area contributed by atoms with Crippen molar-refractivity contribution in [2.45, 2.75) is 31.7 Å². The molecule has 2 N–H and O–H groups in total. The lowest BCUT2D eigenvalue weighted by Crippen LogP contribution is -2.48. The molecule has 1 aliphatic heterocycles. The zero-order chi connectivity index (χ0) is 20.9. The average Bonchev–Trinajstić information content (AvgIpc) is 3.22. The molecule has 2 aromatic carbocycles. The van der Waals surface area contributed by atoms with E-state index >= 15 is 0 Å². The molecule has 0 spiro atoms. The van der Waals surface area contributed by atoms with Crippen LogP contribution in [0.2, 0.25) is 0 Å². The molecule has 1 aliphatic rings. The first-order chi connectivity index (χ1) is 14.6. The van der Waals surface area contributed by atoms with Crippen LogP contribution in [0.1, 0.15) is 36.9 Å². The van der Waals surface area contributed by atoms with Gasteiger partial charge in [-0.3, -0.25) is 9.59 Å². The number of aromatic amines is 1. The molecule has 3 aromatic rings. The number of likely N-dealkylation sites (tertiary alicyclic amines) is 1. The summed E-state index contributed by atoms with van der Waals surface area (Å²) in [5.41, 5.74) is 3.35. The molecular formula is C25H27N3O2. The van der Waals surface area contributed by atoms with Crippen LogP contribution in [-0.4, -0.2) is 40.8 Å². The Kier molecular flexibility index (Phi) is 5.98.